The number of benzene rings is 1. The van der Waals surface area contributed by atoms with E-state index >= 15 is 0 Å². The van der Waals surface area contributed by atoms with E-state index in [1.54, 1.807) is 18.1 Å². The molecule has 1 heterocycles. The molecule has 0 aliphatic rings. The van der Waals surface area contributed by atoms with Crippen LogP contribution < -0.4 is 5.32 Å². The van der Waals surface area contributed by atoms with Crippen LogP contribution >= 0.6 is 68.9 Å². The van der Waals surface area contributed by atoms with Crippen LogP contribution in [-0.2, 0) is 13.0 Å². The number of aliphatic imine (C=N–C) groups is 1. The van der Waals surface area contributed by atoms with E-state index in [4.69, 9.17) is 28.2 Å². The number of imidazole rings is 1. The number of H-pyrrole nitrogens is 1. The van der Waals surface area contributed by atoms with Gasteiger partial charge < -0.3 is 10.3 Å². The predicted molar refractivity (Wildman–Crippen MR) is 131 cm³/mol. The predicted octanol–water partition coefficient (Wildman–Crippen LogP) is 6.48. The summed E-state index contributed by atoms with van der Waals surface area (Å²) in [6, 6.07) is 5.65. The molecule has 0 bridgehead atoms. The number of aryl methyl sites for hydroxylation is 1. The Balaban J connectivity index is 0.00000338. The molecule has 0 fully saturated rings. The molecule has 1 aromatic heterocycles. The van der Waals surface area contributed by atoms with Gasteiger partial charge >= 0.3 is 0 Å². The number of aromatic nitrogens is 2. The van der Waals surface area contributed by atoms with Gasteiger partial charge in [0, 0.05) is 24.2 Å². The monoisotopic (exact) mass is 558 g/mol. The van der Waals surface area contributed by atoms with Crippen molar-refractivity contribution in [2.45, 2.75) is 39.2 Å². The molecule has 0 amide bonds. The zero-order valence-electron chi connectivity index (χ0n) is 15.2. The Morgan fingerprint density at radius 3 is 2.70 bits per heavy atom. The van der Waals surface area contributed by atoms with Crippen LogP contribution in [0.4, 0.5) is 0 Å². The van der Waals surface area contributed by atoms with Crippen LogP contribution in [0.15, 0.2) is 35.7 Å². The fraction of sp³-hybridized carbons (Fsp3) is 0.444. The second-order valence-electron chi connectivity index (χ2n) is 5.68. The molecule has 0 aliphatic heterocycles. The van der Waals surface area contributed by atoms with Gasteiger partial charge in [-0.05, 0) is 37.0 Å². The fourth-order valence-electron chi connectivity index (χ4n) is 2.18. The first-order valence-corrected chi connectivity index (χ1v) is 10.3. The van der Waals surface area contributed by atoms with Crippen molar-refractivity contribution in [2.24, 2.45) is 4.99 Å². The van der Waals surface area contributed by atoms with Crippen molar-refractivity contribution in [1.29, 1.82) is 0 Å². The van der Waals surface area contributed by atoms with Crippen LogP contribution in [0.3, 0.4) is 0 Å². The Morgan fingerprint density at radius 2 is 2.04 bits per heavy atom. The summed E-state index contributed by atoms with van der Waals surface area (Å²) in [5, 5.41) is 5.58. The number of nitrogens with one attached hydrogen (secondary N) is 2. The minimum absolute atomic E-state index is 0. The standard InChI is InChI=1S/C18H24Cl2N4S.2BrH/c1-2-3-8-22-18(25-9-4-5-15-12-21-13-24-15)23-11-14-6-7-16(19)17(20)10-14;;/h6-7,10,12-13H,2-5,8-9,11H2,1H3,(H,21,24)(H,22,23);2*1H. The largest absolute Gasteiger partial charge is 0.365 e. The summed E-state index contributed by atoms with van der Waals surface area (Å²) in [5.41, 5.74) is 2.23. The van der Waals surface area contributed by atoms with Crippen molar-refractivity contribution in [2.75, 3.05) is 12.3 Å². The SMILES string of the molecule is Br.Br.CCCCNC(=NCc1ccc(Cl)c(Cl)c1)SCCCc1cnc[nH]1. The molecule has 9 heteroatoms. The third-order valence-electron chi connectivity index (χ3n) is 3.58. The summed E-state index contributed by atoms with van der Waals surface area (Å²) in [4.78, 5) is 11.9. The van der Waals surface area contributed by atoms with E-state index in [0.717, 1.165) is 48.7 Å². The highest BCUT2D eigenvalue weighted by Crippen LogP contribution is 2.23. The van der Waals surface area contributed by atoms with E-state index in [9.17, 15) is 0 Å². The molecule has 0 aliphatic carbocycles. The number of amidine groups is 1. The molecule has 2 N–H and O–H groups in total. The molecule has 27 heavy (non-hydrogen) atoms. The van der Waals surface area contributed by atoms with Gasteiger partial charge in [-0.15, -0.1) is 34.0 Å². The van der Waals surface area contributed by atoms with Gasteiger partial charge in [-0.3, -0.25) is 4.99 Å². The van der Waals surface area contributed by atoms with Gasteiger partial charge in [0.25, 0.3) is 0 Å². The lowest BCUT2D eigenvalue weighted by atomic mass is 10.2. The minimum atomic E-state index is 0. The average molecular weight is 561 g/mol. The van der Waals surface area contributed by atoms with E-state index in [-0.39, 0.29) is 34.0 Å². The van der Waals surface area contributed by atoms with Crippen LogP contribution in [0.2, 0.25) is 10.0 Å². The van der Waals surface area contributed by atoms with Crippen molar-refractivity contribution < 1.29 is 0 Å². The zero-order valence-corrected chi connectivity index (χ0v) is 21.0. The third kappa shape index (κ3) is 10.8. The Bertz CT molecular complexity index is 669. The maximum absolute atomic E-state index is 6.07. The lowest BCUT2D eigenvalue weighted by Gasteiger charge is -2.09. The maximum atomic E-state index is 6.07. The normalized spacial score (nSPS) is 10.9. The number of nitrogens with zero attached hydrogens (tertiary/aromatic N) is 2. The van der Waals surface area contributed by atoms with Crippen molar-refractivity contribution in [3.05, 3.63) is 52.0 Å². The summed E-state index contributed by atoms with van der Waals surface area (Å²) < 4.78 is 0. The molecule has 0 radical (unpaired) electrons. The number of hydrogen-bond acceptors (Lipinski definition) is 3. The summed E-state index contributed by atoms with van der Waals surface area (Å²) >= 11 is 13.8. The van der Waals surface area contributed by atoms with Crippen LogP contribution in [0, 0.1) is 0 Å². The lowest BCUT2D eigenvalue weighted by Crippen LogP contribution is -2.22. The topological polar surface area (TPSA) is 53.1 Å². The lowest BCUT2D eigenvalue weighted by molar-refractivity contribution is 0.756. The number of halogens is 4. The Hall–Kier alpha value is -0.210. The van der Waals surface area contributed by atoms with Crippen molar-refractivity contribution in [3.63, 3.8) is 0 Å². The van der Waals surface area contributed by atoms with Gasteiger partial charge in [0.15, 0.2) is 5.17 Å². The summed E-state index contributed by atoms with van der Waals surface area (Å²) in [7, 11) is 0. The zero-order chi connectivity index (χ0) is 17.9. The average Bonchev–Trinajstić information content (AvgIpc) is 3.12. The van der Waals surface area contributed by atoms with Gasteiger partial charge in [0.1, 0.15) is 0 Å². The third-order valence-corrected chi connectivity index (χ3v) is 5.36. The van der Waals surface area contributed by atoms with Crippen LogP contribution in [0.5, 0.6) is 0 Å². The Kier molecular flexibility index (Phi) is 15.6. The van der Waals surface area contributed by atoms with Crippen LogP contribution in [0.1, 0.15) is 37.4 Å². The van der Waals surface area contributed by atoms with E-state index in [1.165, 1.54) is 5.69 Å². The van der Waals surface area contributed by atoms with Crippen molar-refractivity contribution in [1.82, 2.24) is 15.3 Å². The first-order valence-electron chi connectivity index (χ1n) is 8.51. The molecule has 1 aromatic carbocycles. The number of rotatable bonds is 9. The molecule has 0 saturated carbocycles. The van der Waals surface area contributed by atoms with Crippen molar-refractivity contribution >= 4 is 74.1 Å². The molecule has 0 unspecified atom stereocenters. The van der Waals surface area contributed by atoms with E-state index < -0.39 is 0 Å². The highest BCUT2D eigenvalue weighted by molar-refractivity contribution is 8.93. The molecule has 0 atom stereocenters. The molecule has 0 saturated heterocycles. The number of thioether (sulfide) groups is 1. The smallest absolute Gasteiger partial charge is 0.156 e. The first kappa shape index (κ1) is 26.8. The highest BCUT2D eigenvalue weighted by atomic mass is 79.9. The fourth-order valence-corrected chi connectivity index (χ4v) is 3.34. The second kappa shape index (κ2) is 15.7. The Labute approximate surface area is 196 Å². The molecular formula is C18H26Br2Cl2N4S. The van der Waals surface area contributed by atoms with Gasteiger partial charge in [-0.25, -0.2) is 4.98 Å². The van der Waals surface area contributed by atoms with Gasteiger partial charge in [0.2, 0.25) is 0 Å². The van der Waals surface area contributed by atoms with E-state index in [2.05, 4.69) is 22.2 Å². The highest BCUT2D eigenvalue weighted by Gasteiger charge is 2.03. The minimum Gasteiger partial charge on any atom is -0.365 e. The van der Waals surface area contributed by atoms with E-state index in [0.29, 0.717) is 16.6 Å². The van der Waals surface area contributed by atoms with Gasteiger partial charge in [0.05, 0.1) is 22.9 Å². The van der Waals surface area contributed by atoms with E-state index in [1.807, 2.05) is 24.4 Å². The molecular weight excluding hydrogens is 535 g/mol. The molecule has 152 valence electrons. The maximum Gasteiger partial charge on any atom is 0.156 e. The summed E-state index contributed by atoms with van der Waals surface area (Å²) in [5.74, 6) is 1.01. The number of hydrogen-bond donors (Lipinski definition) is 2. The molecule has 4 nitrogen and oxygen atoms in total. The molecule has 2 rings (SSSR count). The number of aromatic amines is 1. The summed E-state index contributed by atoms with van der Waals surface area (Å²) in [6.07, 6.45) is 7.98. The quantitative estimate of drug-likeness (QED) is 0.209. The van der Waals surface area contributed by atoms with Crippen molar-refractivity contribution in [3.8, 4) is 0 Å². The van der Waals surface area contributed by atoms with Gasteiger partial charge in [-0.2, -0.15) is 0 Å². The summed E-state index contributed by atoms with van der Waals surface area (Å²) in [6.45, 7) is 3.73. The molecule has 2 aromatic rings. The Morgan fingerprint density at radius 1 is 1.22 bits per heavy atom. The molecule has 0 spiro atoms. The second-order valence-corrected chi connectivity index (χ2v) is 7.58. The van der Waals surface area contributed by atoms with Gasteiger partial charge in [-0.1, -0.05) is 54.4 Å². The number of unbranched alkanes of at least 4 members (excludes halogenated alkanes) is 1. The van der Waals surface area contributed by atoms with Crippen LogP contribution in [0.25, 0.3) is 0 Å². The first-order chi connectivity index (χ1) is 12.2. The van der Waals surface area contributed by atoms with Crippen LogP contribution in [-0.4, -0.2) is 27.4 Å².